The number of piperazine rings is 1. The molecule has 6 rings (SSSR count). The van der Waals surface area contributed by atoms with Gasteiger partial charge in [-0.3, -0.25) is 9.69 Å². The van der Waals surface area contributed by atoms with Gasteiger partial charge in [-0.2, -0.15) is 0 Å². The molecular formula is C31H33N5O. The molecular weight excluding hydrogens is 458 g/mol. The maximum absolute atomic E-state index is 12.4. The number of hydrogen-bond donors (Lipinski definition) is 2. The third-order valence-corrected chi connectivity index (χ3v) is 7.40. The standard InChI is InChI=1S/C31H33N5O/c1-21(2)15-30(37)36-13-11-35(12-14-36)20-22-3-5-23(6-4-22)26-17-27-28(19-34-31(27)33-18-26)24-7-8-29-25(16-24)9-10-32-29/h3-10,16-19,21,32H,11-15,20H2,1-2H3,(H,33,34). The fourth-order valence-corrected chi connectivity index (χ4v) is 5.32. The summed E-state index contributed by atoms with van der Waals surface area (Å²) in [4.78, 5) is 28.1. The van der Waals surface area contributed by atoms with Crippen molar-refractivity contribution in [3.63, 3.8) is 0 Å². The van der Waals surface area contributed by atoms with Gasteiger partial charge in [0.25, 0.3) is 0 Å². The summed E-state index contributed by atoms with van der Waals surface area (Å²) in [6.07, 6.45) is 6.62. The summed E-state index contributed by atoms with van der Waals surface area (Å²) in [6, 6.07) is 19.7. The predicted octanol–water partition coefficient (Wildman–Crippen LogP) is 6.07. The van der Waals surface area contributed by atoms with Crippen LogP contribution in [0.15, 0.2) is 73.2 Å². The molecule has 0 bridgehead atoms. The van der Waals surface area contributed by atoms with Crippen LogP contribution in [0.4, 0.5) is 0 Å². The molecule has 1 saturated heterocycles. The van der Waals surface area contributed by atoms with Gasteiger partial charge in [-0.25, -0.2) is 4.98 Å². The Kier molecular flexibility index (Phi) is 6.26. The zero-order valence-corrected chi connectivity index (χ0v) is 21.5. The number of carbonyl (C=O) groups excluding carboxylic acids is 1. The first-order chi connectivity index (χ1) is 18.0. The Morgan fingerprint density at radius 1 is 0.919 bits per heavy atom. The topological polar surface area (TPSA) is 68.0 Å². The molecule has 5 aromatic rings. The molecule has 4 heterocycles. The van der Waals surface area contributed by atoms with Gasteiger partial charge in [0.1, 0.15) is 5.65 Å². The number of rotatable bonds is 6. The van der Waals surface area contributed by atoms with Crippen molar-refractivity contribution in [3.8, 4) is 22.3 Å². The van der Waals surface area contributed by atoms with E-state index in [0.29, 0.717) is 18.2 Å². The van der Waals surface area contributed by atoms with Crippen LogP contribution in [0.5, 0.6) is 0 Å². The monoisotopic (exact) mass is 491 g/mol. The van der Waals surface area contributed by atoms with E-state index in [1.165, 1.54) is 16.5 Å². The molecule has 37 heavy (non-hydrogen) atoms. The number of fused-ring (bicyclic) bond motifs is 2. The minimum atomic E-state index is 0.292. The van der Waals surface area contributed by atoms with Crippen LogP contribution in [-0.2, 0) is 11.3 Å². The van der Waals surface area contributed by atoms with Crippen molar-refractivity contribution in [1.82, 2.24) is 24.8 Å². The summed E-state index contributed by atoms with van der Waals surface area (Å²) < 4.78 is 0. The number of aromatic amines is 2. The number of carbonyl (C=O) groups is 1. The van der Waals surface area contributed by atoms with Crippen molar-refractivity contribution in [2.75, 3.05) is 26.2 Å². The van der Waals surface area contributed by atoms with Crippen LogP contribution in [0.25, 0.3) is 44.2 Å². The number of amides is 1. The number of pyridine rings is 1. The first-order valence-corrected chi connectivity index (χ1v) is 13.2. The normalized spacial score (nSPS) is 14.7. The van der Waals surface area contributed by atoms with Crippen LogP contribution in [0.1, 0.15) is 25.8 Å². The van der Waals surface area contributed by atoms with Gasteiger partial charge in [-0.05, 0) is 52.3 Å². The third-order valence-electron chi connectivity index (χ3n) is 7.40. The van der Waals surface area contributed by atoms with Crippen molar-refractivity contribution in [2.45, 2.75) is 26.8 Å². The van der Waals surface area contributed by atoms with Crippen LogP contribution in [-0.4, -0.2) is 56.8 Å². The highest BCUT2D eigenvalue weighted by atomic mass is 16.2. The van der Waals surface area contributed by atoms with Gasteiger partial charge in [-0.15, -0.1) is 0 Å². The molecule has 188 valence electrons. The molecule has 2 aromatic carbocycles. The summed E-state index contributed by atoms with van der Waals surface area (Å²) in [5.41, 5.74) is 7.95. The number of nitrogens with zero attached hydrogens (tertiary/aromatic N) is 3. The van der Waals surface area contributed by atoms with Crippen molar-refractivity contribution in [3.05, 3.63) is 78.8 Å². The highest BCUT2D eigenvalue weighted by Gasteiger charge is 2.21. The lowest BCUT2D eigenvalue weighted by Crippen LogP contribution is -2.48. The fourth-order valence-electron chi connectivity index (χ4n) is 5.32. The molecule has 1 amide bonds. The maximum atomic E-state index is 12.4. The number of hydrogen-bond acceptors (Lipinski definition) is 3. The molecule has 3 aromatic heterocycles. The van der Waals surface area contributed by atoms with E-state index in [1.807, 2.05) is 17.3 Å². The molecule has 1 fully saturated rings. The van der Waals surface area contributed by atoms with Crippen molar-refractivity contribution in [2.24, 2.45) is 5.92 Å². The third kappa shape index (κ3) is 4.89. The Bertz CT molecular complexity index is 1540. The first-order valence-electron chi connectivity index (χ1n) is 13.2. The number of H-pyrrole nitrogens is 2. The van der Waals surface area contributed by atoms with Crippen LogP contribution < -0.4 is 0 Å². The Balaban J connectivity index is 1.15. The molecule has 0 unspecified atom stereocenters. The predicted molar refractivity (Wildman–Crippen MR) is 150 cm³/mol. The smallest absolute Gasteiger partial charge is 0.222 e. The second-order valence-corrected chi connectivity index (χ2v) is 10.6. The summed E-state index contributed by atoms with van der Waals surface area (Å²) in [7, 11) is 0. The number of aromatic nitrogens is 3. The number of nitrogens with one attached hydrogen (secondary N) is 2. The van der Waals surface area contributed by atoms with Crippen LogP contribution >= 0.6 is 0 Å². The van der Waals surface area contributed by atoms with Gasteiger partial charge < -0.3 is 14.9 Å². The van der Waals surface area contributed by atoms with Gasteiger partial charge in [0, 0.05) is 79.8 Å². The van der Waals surface area contributed by atoms with Gasteiger partial charge in [-0.1, -0.05) is 44.2 Å². The Morgan fingerprint density at radius 2 is 1.70 bits per heavy atom. The summed E-state index contributed by atoms with van der Waals surface area (Å²) in [6.45, 7) is 8.62. The average molecular weight is 492 g/mol. The minimum Gasteiger partial charge on any atom is -0.361 e. The Morgan fingerprint density at radius 3 is 2.49 bits per heavy atom. The Hall–Kier alpha value is -3.90. The Labute approximate surface area is 217 Å². The molecule has 6 heteroatoms. The molecule has 0 spiro atoms. The van der Waals surface area contributed by atoms with Gasteiger partial charge >= 0.3 is 0 Å². The van der Waals surface area contributed by atoms with E-state index in [9.17, 15) is 4.79 Å². The molecule has 1 aliphatic heterocycles. The highest BCUT2D eigenvalue weighted by Crippen LogP contribution is 2.32. The lowest BCUT2D eigenvalue weighted by Gasteiger charge is -2.35. The van der Waals surface area contributed by atoms with Crippen LogP contribution in [0.2, 0.25) is 0 Å². The molecule has 2 N–H and O–H groups in total. The largest absolute Gasteiger partial charge is 0.361 e. The molecule has 6 nitrogen and oxygen atoms in total. The quantitative estimate of drug-likeness (QED) is 0.303. The van der Waals surface area contributed by atoms with Gasteiger partial charge in [0.05, 0.1) is 0 Å². The van der Waals surface area contributed by atoms with Crippen molar-refractivity contribution in [1.29, 1.82) is 0 Å². The highest BCUT2D eigenvalue weighted by molar-refractivity contribution is 5.98. The van der Waals surface area contributed by atoms with Gasteiger partial charge in [0.2, 0.25) is 5.91 Å². The molecule has 0 radical (unpaired) electrons. The molecule has 0 atom stereocenters. The van der Waals surface area contributed by atoms with Crippen LogP contribution in [0.3, 0.4) is 0 Å². The minimum absolute atomic E-state index is 0.292. The van der Waals surface area contributed by atoms with E-state index in [2.05, 4.69) is 89.5 Å². The summed E-state index contributed by atoms with van der Waals surface area (Å²) in [5, 5.41) is 2.33. The lowest BCUT2D eigenvalue weighted by molar-refractivity contribution is -0.133. The fraction of sp³-hybridized carbons (Fsp3) is 0.290. The van der Waals surface area contributed by atoms with E-state index in [-0.39, 0.29) is 0 Å². The van der Waals surface area contributed by atoms with Crippen LogP contribution in [0, 0.1) is 5.92 Å². The SMILES string of the molecule is CC(C)CC(=O)N1CCN(Cc2ccc(-c3cnc4[nH]cc(-c5ccc6[nH]ccc6c5)c4c3)cc2)CC1. The van der Waals surface area contributed by atoms with E-state index in [1.54, 1.807) is 0 Å². The first kappa shape index (κ1) is 23.5. The molecule has 0 aliphatic carbocycles. The van der Waals surface area contributed by atoms with Crippen molar-refractivity contribution >= 4 is 27.8 Å². The molecule has 0 saturated carbocycles. The van der Waals surface area contributed by atoms with E-state index < -0.39 is 0 Å². The maximum Gasteiger partial charge on any atom is 0.222 e. The van der Waals surface area contributed by atoms with Crippen molar-refractivity contribution < 1.29 is 4.79 Å². The zero-order valence-electron chi connectivity index (χ0n) is 21.5. The second kappa shape index (κ2) is 9.87. The second-order valence-electron chi connectivity index (χ2n) is 10.6. The summed E-state index contributed by atoms with van der Waals surface area (Å²) >= 11 is 0. The van der Waals surface area contributed by atoms with E-state index >= 15 is 0 Å². The molecule has 1 aliphatic rings. The lowest BCUT2D eigenvalue weighted by atomic mass is 10.0. The zero-order chi connectivity index (χ0) is 25.4. The van der Waals surface area contributed by atoms with Gasteiger partial charge in [0.15, 0.2) is 0 Å². The van der Waals surface area contributed by atoms with E-state index in [4.69, 9.17) is 4.98 Å². The summed E-state index contributed by atoms with van der Waals surface area (Å²) in [5.74, 6) is 0.706. The number of benzene rings is 2. The average Bonchev–Trinajstić information content (AvgIpc) is 3.55. The van der Waals surface area contributed by atoms with E-state index in [0.717, 1.165) is 66.0 Å².